The van der Waals surface area contributed by atoms with Crippen LogP contribution < -0.4 is 15.4 Å². The van der Waals surface area contributed by atoms with E-state index < -0.39 is 0 Å². The summed E-state index contributed by atoms with van der Waals surface area (Å²) in [5.41, 5.74) is 5.50. The lowest BCUT2D eigenvalue weighted by Crippen LogP contribution is -2.46. The molecular formula is C51H37N3O8S2. The highest BCUT2D eigenvalue weighted by Crippen LogP contribution is 2.44. The number of carbonyl (C=O) groups is 4. The van der Waals surface area contributed by atoms with Crippen LogP contribution in [-0.4, -0.2) is 66.7 Å². The highest BCUT2D eigenvalue weighted by atomic mass is 32.2. The van der Waals surface area contributed by atoms with E-state index in [0.29, 0.717) is 98.3 Å². The molecular weight excluding hydrogens is 847 g/mol. The van der Waals surface area contributed by atoms with Gasteiger partial charge in [-0.3, -0.25) is 19.2 Å². The Kier molecular flexibility index (Phi) is 10.9. The van der Waals surface area contributed by atoms with Crippen molar-refractivity contribution >= 4 is 64.7 Å². The van der Waals surface area contributed by atoms with Crippen molar-refractivity contribution in [3.63, 3.8) is 0 Å². The van der Waals surface area contributed by atoms with Crippen molar-refractivity contribution in [3.05, 3.63) is 171 Å². The predicted octanol–water partition coefficient (Wildman–Crippen LogP) is 10.5. The second-order valence-corrected chi connectivity index (χ2v) is 17.4. The molecule has 2 amide bonds. The number of anilines is 1. The van der Waals surface area contributed by atoms with E-state index in [2.05, 4.69) is 10.6 Å². The lowest BCUT2D eigenvalue weighted by Gasteiger charge is -2.27. The Hall–Kier alpha value is -7.32. The zero-order valence-electron chi connectivity index (χ0n) is 34.2. The van der Waals surface area contributed by atoms with Crippen LogP contribution in [-0.2, 0) is 0 Å². The van der Waals surface area contributed by atoms with E-state index in [9.17, 15) is 24.3 Å². The van der Waals surface area contributed by atoms with Gasteiger partial charge < -0.3 is 34.2 Å². The third-order valence-corrected chi connectivity index (χ3v) is 13.3. The number of methoxy groups -OCH3 is 1. The number of hydrogen-bond acceptors (Lipinski definition) is 11. The molecule has 10 rings (SSSR count). The summed E-state index contributed by atoms with van der Waals surface area (Å²) in [7, 11) is 1.51. The summed E-state index contributed by atoms with van der Waals surface area (Å²) < 4.78 is 17.8. The van der Waals surface area contributed by atoms with Crippen molar-refractivity contribution in [2.75, 3.05) is 38.6 Å². The third-order valence-electron chi connectivity index (χ3n) is 11.2. The van der Waals surface area contributed by atoms with Crippen molar-refractivity contribution in [1.82, 2.24) is 10.2 Å². The quantitative estimate of drug-likeness (QED) is 0.119. The fraction of sp³-hybridized carbons (Fsp3) is 0.0980. The largest absolute Gasteiger partial charge is 0.507 e. The average molecular weight is 884 g/mol. The monoisotopic (exact) mass is 883 g/mol. The van der Waals surface area contributed by atoms with Crippen LogP contribution >= 0.6 is 23.5 Å². The molecule has 0 unspecified atom stereocenters. The van der Waals surface area contributed by atoms with Crippen LogP contribution in [0.3, 0.4) is 0 Å². The summed E-state index contributed by atoms with van der Waals surface area (Å²) in [5, 5.41) is 16.7. The van der Waals surface area contributed by atoms with Gasteiger partial charge in [0, 0.05) is 63.9 Å². The van der Waals surface area contributed by atoms with E-state index in [-0.39, 0.29) is 34.7 Å². The van der Waals surface area contributed by atoms with Gasteiger partial charge in [-0.25, -0.2) is 0 Å². The van der Waals surface area contributed by atoms with Gasteiger partial charge in [0.1, 0.15) is 34.5 Å². The minimum Gasteiger partial charge on any atom is -0.507 e. The molecule has 0 saturated carbocycles. The maximum Gasteiger partial charge on any atom is 0.259 e. The van der Waals surface area contributed by atoms with Gasteiger partial charge in [0.2, 0.25) is 11.6 Å². The molecule has 3 N–H and O–H groups in total. The Labute approximate surface area is 375 Å². The Bertz CT molecular complexity index is 3100. The molecule has 0 aliphatic carbocycles. The molecule has 5 aromatic carbocycles. The number of ketones is 2. The molecule has 13 heteroatoms. The number of rotatable bonds is 9. The standard InChI is InChI=1S/C51H37N3O8S2/c1-60-43-17-10-32(42-19-14-34(62-42)27-46-48(56)36-4-2-3-5-44(36)63-46)25-39(43)50(58)53-33-11-6-29(7-12-33)30-8-15-37-45(26-30)64-47(49(37)57)28-35-13-18-41(61-35)31-9-16-40(55)38(24-31)51(59)54-22-20-52-21-23-54/h2-19,24-28,52,55H,20-23H2,1H3,(H,53,58)/b46-27-,47-28-. The van der Waals surface area contributed by atoms with Crippen molar-refractivity contribution in [2.24, 2.45) is 0 Å². The summed E-state index contributed by atoms with van der Waals surface area (Å²) in [5.74, 6) is 1.62. The van der Waals surface area contributed by atoms with E-state index in [4.69, 9.17) is 13.6 Å². The van der Waals surface area contributed by atoms with Gasteiger partial charge in [0.05, 0.1) is 28.0 Å². The predicted molar refractivity (Wildman–Crippen MR) is 248 cm³/mol. The topological polar surface area (TPSA) is 151 Å². The molecule has 11 nitrogen and oxygen atoms in total. The number of phenols is 1. The highest BCUT2D eigenvalue weighted by Gasteiger charge is 2.28. The number of amides is 2. The minimum absolute atomic E-state index is 0.0352. The van der Waals surface area contributed by atoms with Gasteiger partial charge in [0.25, 0.3) is 11.8 Å². The first kappa shape index (κ1) is 40.7. The van der Waals surface area contributed by atoms with Crippen molar-refractivity contribution in [2.45, 2.75) is 9.79 Å². The molecule has 316 valence electrons. The molecule has 2 aromatic heterocycles. The lowest BCUT2D eigenvalue weighted by molar-refractivity contribution is 0.0732. The first-order valence-corrected chi connectivity index (χ1v) is 22.1. The Morgan fingerprint density at radius 1 is 0.672 bits per heavy atom. The molecule has 7 aromatic rings. The second kappa shape index (κ2) is 17.1. The normalized spacial score (nSPS) is 15.7. The van der Waals surface area contributed by atoms with E-state index in [0.717, 1.165) is 20.9 Å². The van der Waals surface area contributed by atoms with Crippen LogP contribution in [0, 0.1) is 0 Å². The van der Waals surface area contributed by atoms with Crippen LogP contribution in [0.2, 0.25) is 0 Å². The van der Waals surface area contributed by atoms with Gasteiger partial charge in [-0.15, -0.1) is 0 Å². The van der Waals surface area contributed by atoms with Gasteiger partial charge in [-0.1, -0.05) is 53.9 Å². The second-order valence-electron chi connectivity index (χ2n) is 15.2. The fourth-order valence-electron chi connectivity index (χ4n) is 7.81. The molecule has 0 bridgehead atoms. The lowest BCUT2D eigenvalue weighted by atomic mass is 10.0. The number of nitrogens with zero attached hydrogens (tertiary/aromatic N) is 1. The molecule has 0 spiro atoms. The molecule has 3 aliphatic heterocycles. The number of carbonyl (C=O) groups excluding carboxylic acids is 4. The van der Waals surface area contributed by atoms with Crippen LogP contribution in [0.15, 0.2) is 156 Å². The molecule has 1 saturated heterocycles. The maximum atomic E-state index is 13.7. The smallest absolute Gasteiger partial charge is 0.259 e. The van der Waals surface area contributed by atoms with E-state index in [1.165, 1.54) is 36.7 Å². The molecule has 1 fully saturated rings. The molecule has 5 heterocycles. The number of fused-ring (bicyclic) bond motifs is 2. The SMILES string of the molecule is COc1ccc(-c2ccc(/C=C3\Sc4ccccc4C3=O)o2)cc1C(=O)Nc1ccc(-c2ccc3c(c2)S/C(=C\c2ccc(-c4ccc(O)c(C(=O)N5CCNCC5)c4)o2)C3=O)cc1. The van der Waals surface area contributed by atoms with Gasteiger partial charge >= 0.3 is 0 Å². The fourth-order valence-corrected chi connectivity index (χ4v) is 9.92. The third kappa shape index (κ3) is 7.96. The minimum atomic E-state index is -0.366. The van der Waals surface area contributed by atoms with E-state index >= 15 is 0 Å². The number of thioether (sulfide) groups is 2. The number of Topliss-reactive ketones (excluding diaryl/α,β-unsaturated/α-hetero) is 2. The summed E-state index contributed by atoms with van der Waals surface area (Å²) in [6.45, 7) is 2.53. The molecule has 0 radical (unpaired) electrons. The first-order valence-electron chi connectivity index (χ1n) is 20.4. The Balaban J connectivity index is 0.804. The summed E-state index contributed by atoms with van der Waals surface area (Å²) in [6, 6.07) is 37.9. The zero-order chi connectivity index (χ0) is 43.9. The van der Waals surface area contributed by atoms with Crippen LogP contribution in [0.25, 0.3) is 45.9 Å². The number of aromatic hydroxyl groups is 1. The molecule has 0 atom stereocenters. The first-order chi connectivity index (χ1) is 31.2. The summed E-state index contributed by atoms with van der Waals surface area (Å²) >= 11 is 2.78. The van der Waals surface area contributed by atoms with Crippen molar-refractivity contribution in [3.8, 4) is 45.3 Å². The number of piperazine rings is 1. The Morgan fingerprint density at radius 2 is 1.27 bits per heavy atom. The summed E-state index contributed by atoms with van der Waals surface area (Å²) in [6.07, 6.45) is 3.45. The van der Waals surface area contributed by atoms with Gasteiger partial charge in [0.15, 0.2) is 0 Å². The van der Waals surface area contributed by atoms with Gasteiger partial charge in [-0.2, -0.15) is 0 Å². The van der Waals surface area contributed by atoms with Gasteiger partial charge in [-0.05, 0) is 120 Å². The van der Waals surface area contributed by atoms with Crippen LogP contribution in [0.1, 0.15) is 53.0 Å². The van der Waals surface area contributed by atoms with E-state index in [1.807, 2.05) is 72.8 Å². The van der Waals surface area contributed by atoms with E-state index in [1.54, 1.807) is 65.6 Å². The maximum absolute atomic E-state index is 13.7. The molecule has 3 aliphatic rings. The molecule has 64 heavy (non-hydrogen) atoms. The number of benzene rings is 5. The average Bonchev–Trinajstić information content (AvgIpc) is 4.13. The Morgan fingerprint density at radius 3 is 1.94 bits per heavy atom. The number of nitrogens with one attached hydrogen (secondary N) is 2. The highest BCUT2D eigenvalue weighted by molar-refractivity contribution is 8.05. The number of allylic oxidation sites excluding steroid dienone is 2. The zero-order valence-corrected chi connectivity index (χ0v) is 35.8. The van der Waals surface area contributed by atoms with Crippen LogP contribution in [0.5, 0.6) is 11.5 Å². The number of hydrogen-bond donors (Lipinski definition) is 3. The number of furan rings is 2. The van der Waals surface area contributed by atoms with Crippen molar-refractivity contribution in [1.29, 1.82) is 0 Å². The number of ether oxygens (including phenoxy) is 1. The van der Waals surface area contributed by atoms with Crippen molar-refractivity contribution < 1.29 is 37.9 Å². The van der Waals surface area contributed by atoms with Crippen LogP contribution in [0.4, 0.5) is 5.69 Å². The summed E-state index contributed by atoms with van der Waals surface area (Å²) in [4.78, 5) is 57.7. The number of phenolic OH excluding ortho intramolecular Hbond substituents is 1.